The van der Waals surface area contributed by atoms with Gasteiger partial charge in [-0.2, -0.15) is 0 Å². The zero-order valence-corrected chi connectivity index (χ0v) is 12.5. The maximum Gasteiger partial charge on any atom is 0.138 e. The largest absolute Gasteiger partial charge is 0.340 e. The molecule has 0 aliphatic rings. The maximum absolute atomic E-state index is 6.13. The van der Waals surface area contributed by atoms with Crippen LogP contribution in [0.15, 0.2) is 24.5 Å². The van der Waals surface area contributed by atoms with Crippen LogP contribution in [0.5, 0.6) is 0 Å². The Morgan fingerprint density at radius 2 is 1.89 bits per heavy atom. The van der Waals surface area contributed by atoms with E-state index in [1.807, 2.05) is 25.1 Å². The van der Waals surface area contributed by atoms with E-state index in [0.717, 1.165) is 27.7 Å². The van der Waals surface area contributed by atoms with Gasteiger partial charge in [0.1, 0.15) is 17.3 Å². The summed E-state index contributed by atoms with van der Waals surface area (Å²) in [4.78, 5) is 8.28. The molecule has 0 aliphatic carbocycles. The molecule has 0 saturated heterocycles. The number of hydrogen-bond donors (Lipinski definition) is 1. The summed E-state index contributed by atoms with van der Waals surface area (Å²) in [7, 11) is 0. The van der Waals surface area contributed by atoms with Crippen molar-refractivity contribution in [1.82, 2.24) is 9.97 Å². The molecule has 0 spiro atoms. The molecule has 0 fully saturated rings. The predicted molar refractivity (Wildman–Crippen MR) is 80.6 cm³/mol. The summed E-state index contributed by atoms with van der Waals surface area (Å²) in [5.41, 5.74) is 2.82. The number of benzene rings is 1. The molecule has 2 aromatic rings. The van der Waals surface area contributed by atoms with E-state index in [0.29, 0.717) is 5.15 Å². The molecule has 1 aromatic heterocycles. The number of aromatic nitrogens is 2. The average Bonchev–Trinajstić information content (AvgIpc) is 2.33. The van der Waals surface area contributed by atoms with E-state index in [1.165, 1.54) is 6.33 Å². The van der Waals surface area contributed by atoms with E-state index in [4.69, 9.17) is 23.2 Å². The topological polar surface area (TPSA) is 37.8 Å². The Morgan fingerprint density at radius 3 is 2.53 bits per heavy atom. The first kappa shape index (κ1) is 14.1. The van der Waals surface area contributed by atoms with Gasteiger partial charge in [-0.25, -0.2) is 9.97 Å². The molecular formula is C14H15Cl2N3. The lowest BCUT2D eigenvalue weighted by atomic mass is 10.1. The quantitative estimate of drug-likeness (QED) is 0.813. The molecule has 5 heteroatoms. The maximum atomic E-state index is 6.13. The predicted octanol–water partition coefficient (Wildman–Crippen LogP) is 4.96. The third kappa shape index (κ3) is 3.17. The molecule has 19 heavy (non-hydrogen) atoms. The van der Waals surface area contributed by atoms with Crippen molar-refractivity contribution in [1.29, 1.82) is 0 Å². The van der Waals surface area contributed by atoms with Crippen LogP contribution in [0, 0.1) is 6.92 Å². The van der Waals surface area contributed by atoms with Gasteiger partial charge in [0.05, 0.1) is 0 Å². The Morgan fingerprint density at radius 1 is 1.16 bits per heavy atom. The lowest BCUT2D eigenvalue weighted by Gasteiger charge is -2.14. The van der Waals surface area contributed by atoms with Gasteiger partial charge in [-0.3, -0.25) is 0 Å². The number of halogens is 2. The number of nitrogens with one attached hydrogen (secondary N) is 1. The monoisotopic (exact) mass is 295 g/mol. The fourth-order valence-corrected chi connectivity index (χ4v) is 2.32. The summed E-state index contributed by atoms with van der Waals surface area (Å²) in [5.74, 6) is 0.951. The van der Waals surface area contributed by atoms with Crippen molar-refractivity contribution < 1.29 is 0 Å². The van der Waals surface area contributed by atoms with Crippen molar-refractivity contribution in [2.24, 2.45) is 0 Å². The minimum atomic E-state index is 0.233. The van der Waals surface area contributed by atoms with Crippen molar-refractivity contribution >= 4 is 34.7 Å². The zero-order chi connectivity index (χ0) is 14.0. The van der Waals surface area contributed by atoms with Crippen LogP contribution in [0.4, 0.5) is 11.5 Å². The highest BCUT2D eigenvalue weighted by Crippen LogP contribution is 2.30. The number of anilines is 2. The lowest BCUT2D eigenvalue weighted by Crippen LogP contribution is -2.03. The Hall–Kier alpha value is -1.32. The van der Waals surface area contributed by atoms with Crippen LogP contribution in [0.1, 0.15) is 30.9 Å². The van der Waals surface area contributed by atoms with Gasteiger partial charge >= 0.3 is 0 Å². The molecule has 0 aliphatic heterocycles. The number of rotatable bonds is 3. The second-order valence-corrected chi connectivity index (χ2v) is 5.44. The van der Waals surface area contributed by atoms with Crippen molar-refractivity contribution in [2.45, 2.75) is 26.7 Å². The summed E-state index contributed by atoms with van der Waals surface area (Å²) in [6.45, 7) is 6.07. The molecule has 3 nitrogen and oxygen atoms in total. The van der Waals surface area contributed by atoms with Gasteiger partial charge in [-0.15, -0.1) is 0 Å². The first-order valence-electron chi connectivity index (χ1n) is 6.02. The minimum absolute atomic E-state index is 0.233. The van der Waals surface area contributed by atoms with E-state index < -0.39 is 0 Å². The van der Waals surface area contributed by atoms with Crippen LogP contribution in [0.2, 0.25) is 10.2 Å². The second kappa shape index (κ2) is 5.76. The second-order valence-electron chi connectivity index (χ2n) is 4.67. The third-order valence-electron chi connectivity index (χ3n) is 2.85. The number of hydrogen-bond acceptors (Lipinski definition) is 3. The first-order valence-corrected chi connectivity index (χ1v) is 6.78. The van der Waals surface area contributed by atoms with Gasteiger partial charge in [0.15, 0.2) is 0 Å². The van der Waals surface area contributed by atoms with Crippen LogP contribution in [-0.4, -0.2) is 9.97 Å². The van der Waals surface area contributed by atoms with E-state index >= 15 is 0 Å². The molecule has 1 N–H and O–H groups in total. The summed E-state index contributed by atoms with van der Waals surface area (Å²) in [6.07, 6.45) is 1.45. The lowest BCUT2D eigenvalue weighted by molar-refractivity contribution is 0.850. The van der Waals surface area contributed by atoms with Crippen LogP contribution < -0.4 is 5.32 Å². The Bertz CT molecular complexity index is 597. The smallest absolute Gasteiger partial charge is 0.138 e. The fraction of sp³-hybridized carbons (Fsp3) is 0.286. The summed E-state index contributed by atoms with van der Waals surface area (Å²) >= 11 is 12.2. The molecule has 0 radical (unpaired) electrons. The van der Waals surface area contributed by atoms with Gasteiger partial charge < -0.3 is 5.32 Å². The van der Waals surface area contributed by atoms with Crippen LogP contribution in [-0.2, 0) is 0 Å². The Kier molecular flexibility index (Phi) is 4.27. The van der Waals surface area contributed by atoms with E-state index in [2.05, 4.69) is 29.1 Å². The van der Waals surface area contributed by atoms with Gasteiger partial charge in [0.2, 0.25) is 0 Å². The molecule has 0 atom stereocenters. The molecule has 1 heterocycles. The zero-order valence-electron chi connectivity index (χ0n) is 11.0. The van der Waals surface area contributed by atoms with Gasteiger partial charge in [-0.05, 0) is 30.5 Å². The number of nitrogens with zero attached hydrogens (tertiary/aromatic N) is 2. The van der Waals surface area contributed by atoms with E-state index in [-0.39, 0.29) is 5.92 Å². The van der Waals surface area contributed by atoms with Crippen LogP contribution >= 0.6 is 23.2 Å². The highest BCUT2D eigenvalue weighted by atomic mass is 35.5. The summed E-state index contributed by atoms with van der Waals surface area (Å²) in [6, 6.07) is 5.79. The SMILES string of the molecule is Cc1ccc(Nc2ncnc(Cl)c2C(C)C)cc1Cl. The molecule has 0 unspecified atom stereocenters. The average molecular weight is 296 g/mol. The molecular weight excluding hydrogens is 281 g/mol. The van der Waals surface area contributed by atoms with Crippen molar-refractivity contribution in [3.8, 4) is 0 Å². The highest BCUT2D eigenvalue weighted by Gasteiger charge is 2.13. The van der Waals surface area contributed by atoms with Crippen molar-refractivity contribution in [2.75, 3.05) is 5.32 Å². The van der Waals surface area contributed by atoms with Gasteiger partial charge in [-0.1, -0.05) is 43.1 Å². The molecule has 100 valence electrons. The molecule has 2 rings (SSSR count). The summed E-state index contributed by atoms with van der Waals surface area (Å²) < 4.78 is 0. The molecule has 0 amide bonds. The van der Waals surface area contributed by atoms with Gasteiger partial charge in [0.25, 0.3) is 0 Å². The third-order valence-corrected chi connectivity index (χ3v) is 3.56. The Balaban J connectivity index is 2.38. The Labute approximate surface area is 123 Å². The molecule has 1 aromatic carbocycles. The minimum Gasteiger partial charge on any atom is -0.340 e. The normalized spacial score (nSPS) is 10.8. The first-order chi connectivity index (χ1) is 8.99. The molecule has 0 saturated carbocycles. The molecule has 0 bridgehead atoms. The van der Waals surface area contributed by atoms with Crippen molar-refractivity contribution in [3.05, 3.63) is 45.8 Å². The standard InChI is InChI=1S/C14H15Cl2N3/c1-8(2)12-13(16)17-7-18-14(12)19-10-5-4-9(3)11(15)6-10/h4-8H,1-3H3,(H,17,18,19). The number of aryl methyl sites for hydroxylation is 1. The summed E-state index contributed by atoms with van der Waals surface area (Å²) in [5, 5.41) is 4.44. The van der Waals surface area contributed by atoms with Gasteiger partial charge in [0, 0.05) is 16.3 Å². The van der Waals surface area contributed by atoms with E-state index in [1.54, 1.807) is 0 Å². The van der Waals surface area contributed by atoms with Crippen molar-refractivity contribution in [3.63, 3.8) is 0 Å². The van der Waals surface area contributed by atoms with Crippen LogP contribution in [0.25, 0.3) is 0 Å². The fourth-order valence-electron chi connectivity index (χ4n) is 1.79. The highest BCUT2D eigenvalue weighted by molar-refractivity contribution is 6.31. The van der Waals surface area contributed by atoms with E-state index in [9.17, 15) is 0 Å². The van der Waals surface area contributed by atoms with Crippen LogP contribution in [0.3, 0.4) is 0 Å².